The van der Waals surface area contributed by atoms with Crippen LogP contribution in [-0.2, 0) is 4.79 Å². The van der Waals surface area contributed by atoms with E-state index in [4.69, 9.17) is 16.3 Å². The van der Waals surface area contributed by atoms with Gasteiger partial charge in [-0.1, -0.05) is 17.7 Å². The molecule has 2 aliphatic rings. The summed E-state index contributed by atoms with van der Waals surface area (Å²) >= 11 is 6.00. The fraction of sp³-hybridized carbons (Fsp3) is 0.250. The highest BCUT2D eigenvalue weighted by Gasteiger charge is 2.37. The summed E-state index contributed by atoms with van der Waals surface area (Å²) in [4.78, 5) is 14.5. The quantitative estimate of drug-likeness (QED) is 0.848. The van der Waals surface area contributed by atoms with Crippen molar-refractivity contribution in [3.05, 3.63) is 69.8 Å². The van der Waals surface area contributed by atoms with Gasteiger partial charge in [0, 0.05) is 17.1 Å². The van der Waals surface area contributed by atoms with Gasteiger partial charge in [-0.05, 0) is 48.4 Å². The maximum Gasteiger partial charge on any atom is 0.253 e. The number of aliphatic hydroxyl groups excluding tert-OH is 1. The van der Waals surface area contributed by atoms with E-state index in [1.807, 2.05) is 0 Å². The fourth-order valence-electron chi connectivity index (χ4n) is 3.53. The molecule has 1 fully saturated rings. The van der Waals surface area contributed by atoms with Crippen LogP contribution in [0, 0.1) is 11.6 Å². The zero-order valence-corrected chi connectivity index (χ0v) is 14.9. The number of fused-ring (bicyclic) bond motifs is 1. The molecule has 2 heterocycles. The number of rotatable bonds is 2. The van der Waals surface area contributed by atoms with Crippen LogP contribution >= 0.6 is 11.6 Å². The number of carbonyl (C=O) groups is 1. The maximum atomic E-state index is 13.6. The van der Waals surface area contributed by atoms with Crippen LogP contribution in [0.1, 0.15) is 23.6 Å². The summed E-state index contributed by atoms with van der Waals surface area (Å²) in [5, 5.41) is 10.6. The van der Waals surface area contributed by atoms with Crippen molar-refractivity contribution in [3.63, 3.8) is 0 Å². The van der Waals surface area contributed by atoms with E-state index in [0.29, 0.717) is 27.5 Å². The first-order valence-electron chi connectivity index (χ1n) is 8.49. The lowest BCUT2D eigenvalue weighted by molar-refractivity contribution is -0.128. The largest absolute Gasteiger partial charge is 0.488 e. The van der Waals surface area contributed by atoms with E-state index >= 15 is 0 Å². The van der Waals surface area contributed by atoms with Crippen LogP contribution in [0.15, 0.2) is 42.0 Å². The molecule has 140 valence electrons. The Hall–Kier alpha value is -2.44. The minimum absolute atomic E-state index is 0.0879. The summed E-state index contributed by atoms with van der Waals surface area (Å²) in [6, 6.07) is 8.13. The van der Waals surface area contributed by atoms with Crippen LogP contribution in [0.4, 0.5) is 8.78 Å². The highest BCUT2D eigenvalue weighted by atomic mass is 35.5. The molecule has 1 amide bonds. The number of likely N-dealkylation sites (tertiary alicyclic amines) is 1. The zero-order valence-electron chi connectivity index (χ0n) is 14.2. The molecule has 0 radical (unpaired) electrons. The van der Waals surface area contributed by atoms with Crippen molar-refractivity contribution in [3.8, 4) is 5.75 Å². The molecular formula is C20H16ClF2NO3. The number of carbonyl (C=O) groups excluding carboxylic acids is 1. The number of ether oxygens (including phenoxy) is 1. The zero-order chi connectivity index (χ0) is 19.1. The standard InChI is InChI=1S/C20H16ClF2NO3/c21-14-2-4-19-12(6-14)5-13(10-27-19)20(26)24-9-15(25)8-18(24)11-1-3-16(22)17(23)7-11/h1-7,15,18,25H,8-10H2. The highest BCUT2D eigenvalue weighted by molar-refractivity contribution is 6.30. The molecule has 0 spiro atoms. The number of benzene rings is 2. The molecule has 0 bridgehead atoms. The van der Waals surface area contributed by atoms with Crippen LogP contribution in [-0.4, -0.2) is 35.2 Å². The first-order valence-corrected chi connectivity index (χ1v) is 8.87. The van der Waals surface area contributed by atoms with Crippen molar-refractivity contribution < 1.29 is 23.4 Å². The molecule has 4 nitrogen and oxygen atoms in total. The Morgan fingerprint density at radius 2 is 2.00 bits per heavy atom. The van der Waals surface area contributed by atoms with Gasteiger partial charge in [-0.3, -0.25) is 4.79 Å². The second-order valence-corrected chi connectivity index (χ2v) is 7.11. The van der Waals surface area contributed by atoms with Crippen molar-refractivity contribution in [1.82, 2.24) is 4.90 Å². The van der Waals surface area contributed by atoms with E-state index in [2.05, 4.69) is 0 Å². The Labute approximate surface area is 159 Å². The van der Waals surface area contributed by atoms with Crippen molar-refractivity contribution in [2.75, 3.05) is 13.2 Å². The van der Waals surface area contributed by atoms with Crippen molar-refractivity contribution in [2.45, 2.75) is 18.6 Å². The number of halogens is 3. The normalized spacial score (nSPS) is 21.5. The van der Waals surface area contributed by atoms with Crippen LogP contribution in [0.25, 0.3) is 6.08 Å². The molecule has 2 unspecified atom stereocenters. The molecule has 2 aromatic rings. The van der Waals surface area contributed by atoms with Crippen molar-refractivity contribution >= 4 is 23.6 Å². The van der Waals surface area contributed by atoms with Gasteiger partial charge in [-0.15, -0.1) is 0 Å². The Morgan fingerprint density at radius 1 is 1.19 bits per heavy atom. The number of aliphatic hydroxyl groups is 1. The third-order valence-electron chi connectivity index (χ3n) is 4.83. The van der Waals surface area contributed by atoms with E-state index in [1.165, 1.54) is 11.0 Å². The van der Waals surface area contributed by atoms with Gasteiger partial charge >= 0.3 is 0 Å². The average Bonchev–Trinajstić information content (AvgIpc) is 3.04. The smallest absolute Gasteiger partial charge is 0.253 e. The van der Waals surface area contributed by atoms with Gasteiger partial charge in [-0.2, -0.15) is 0 Å². The Balaban J connectivity index is 1.64. The molecule has 2 atom stereocenters. The van der Waals surface area contributed by atoms with E-state index in [0.717, 1.165) is 12.1 Å². The molecule has 0 aliphatic carbocycles. The second-order valence-electron chi connectivity index (χ2n) is 6.68. The van der Waals surface area contributed by atoms with E-state index in [9.17, 15) is 18.7 Å². The Bertz CT molecular complexity index is 947. The van der Waals surface area contributed by atoms with E-state index in [1.54, 1.807) is 24.3 Å². The monoisotopic (exact) mass is 391 g/mol. The molecule has 0 aromatic heterocycles. The Kier molecular flexibility index (Phi) is 4.61. The molecule has 7 heteroatoms. The molecule has 1 saturated heterocycles. The van der Waals surface area contributed by atoms with Crippen LogP contribution in [0.5, 0.6) is 5.75 Å². The molecule has 1 N–H and O–H groups in total. The number of hydrogen-bond donors (Lipinski definition) is 1. The van der Waals surface area contributed by atoms with Crippen molar-refractivity contribution in [2.24, 2.45) is 0 Å². The van der Waals surface area contributed by atoms with E-state index in [-0.39, 0.29) is 25.5 Å². The lowest BCUT2D eigenvalue weighted by Crippen LogP contribution is -2.35. The summed E-state index contributed by atoms with van der Waals surface area (Å²) in [5.41, 5.74) is 1.55. The SMILES string of the molecule is O=C(C1=Cc2cc(Cl)ccc2OC1)N1CC(O)CC1c1ccc(F)c(F)c1. The Morgan fingerprint density at radius 3 is 2.78 bits per heavy atom. The summed E-state index contributed by atoms with van der Waals surface area (Å²) in [6.07, 6.45) is 1.23. The topological polar surface area (TPSA) is 49.8 Å². The number of amides is 1. The lowest BCUT2D eigenvalue weighted by atomic mass is 10.0. The molecule has 4 rings (SSSR count). The first-order chi connectivity index (χ1) is 12.9. The third-order valence-corrected chi connectivity index (χ3v) is 5.06. The van der Waals surface area contributed by atoms with Gasteiger partial charge < -0.3 is 14.7 Å². The number of β-amino-alcohol motifs (C(OH)–C–C–N with tert-alkyl or cyclic N) is 1. The summed E-state index contributed by atoms with van der Waals surface area (Å²) in [7, 11) is 0. The molecule has 2 aliphatic heterocycles. The van der Waals surface area contributed by atoms with Gasteiger partial charge in [0.2, 0.25) is 0 Å². The molecule has 0 saturated carbocycles. The van der Waals surface area contributed by atoms with Gasteiger partial charge in [0.1, 0.15) is 12.4 Å². The van der Waals surface area contributed by atoms with Gasteiger partial charge in [-0.25, -0.2) is 8.78 Å². The number of nitrogens with zero attached hydrogens (tertiary/aromatic N) is 1. The summed E-state index contributed by atoms with van der Waals surface area (Å²) < 4.78 is 32.5. The minimum atomic E-state index is -0.981. The summed E-state index contributed by atoms with van der Waals surface area (Å²) in [6.45, 7) is 0.201. The predicted octanol–water partition coefficient (Wildman–Crippen LogP) is 3.73. The van der Waals surface area contributed by atoms with Gasteiger partial charge in [0.15, 0.2) is 11.6 Å². The number of hydrogen-bond acceptors (Lipinski definition) is 3. The maximum absolute atomic E-state index is 13.6. The van der Waals surface area contributed by atoms with Crippen LogP contribution in [0.3, 0.4) is 0 Å². The first kappa shape index (κ1) is 17.9. The van der Waals surface area contributed by atoms with Gasteiger partial charge in [0.05, 0.1) is 17.7 Å². The lowest BCUT2D eigenvalue weighted by Gasteiger charge is -2.27. The molecule has 27 heavy (non-hydrogen) atoms. The average molecular weight is 392 g/mol. The molecular weight excluding hydrogens is 376 g/mol. The van der Waals surface area contributed by atoms with Crippen LogP contribution < -0.4 is 4.74 Å². The summed E-state index contributed by atoms with van der Waals surface area (Å²) in [5.74, 6) is -1.61. The van der Waals surface area contributed by atoms with E-state index < -0.39 is 23.8 Å². The van der Waals surface area contributed by atoms with Crippen molar-refractivity contribution in [1.29, 1.82) is 0 Å². The second kappa shape index (κ2) is 6.94. The highest BCUT2D eigenvalue weighted by Crippen LogP contribution is 2.36. The fourth-order valence-corrected chi connectivity index (χ4v) is 3.71. The minimum Gasteiger partial charge on any atom is -0.488 e. The van der Waals surface area contributed by atoms with Crippen LogP contribution in [0.2, 0.25) is 5.02 Å². The third kappa shape index (κ3) is 3.42. The van der Waals surface area contributed by atoms with Gasteiger partial charge in [0.25, 0.3) is 5.91 Å². The molecule has 2 aromatic carbocycles. The predicted molar refractivity (Wildman–Crippen MR) is 96.4 cm³/mol.